The van der Waals surface area contributed by atoms with E-state index >= 15 is 0 Å². The molecular formula is C23H18N2O2. The van der Waals surface area contributed by atoms with Gasteiger partial charge < -0.3 is 9.73 Å². The van der Waals surface area contributed by atoms with Crippen LogP contribution < -0.4 is 5.32 Å². The summed E-state index contributed by atoms with van der Waals surface area (Å²) >= 11 is 0. The fourth-order valence-corrected chi connectivity index (χ4v) is 2.96. The molecule has 0 saturated heterocycles. The topological polar surface area (TPSA) is 55.1 Å². The van der Waals surface area contributed by atoms with Crippen molar-refractivity contribution in [2.24, 2.45) is 0 Å². The van der Waals surface area contributed by atoms with Gasteiger partial charge in [0.05, 0.1) is 17.4 Å². The predicted octanol–water partition coefficient (Wildman–Crippen LogP) is 5.63. The number of para-hydroxylation sites is 1. The average Bonchev–Trinajstić information content (AvgIpc) is 3.19. The number of benzene rings is 3. The molecule has 27 heavy (non-hydrogen) atoms. The van der Waals surface area contributed by atoms with Crippen molar-refractivity contribution in [2.75, 3.05) is 5.32 Å². The smallest absolute Gasteiger partial charge is 0.228 e. The number of nitrogens with one attached hydrogen (secondary N) is 1. The Labute approximate surface area is 157 Å². The number of amides is 1. The molecule has 4 rings (SSSR count). The third-order valence-corrected chi connectivity index (χ3v) is 4.25. The number of hydrogen-bond acceptors (Lipinski definition) is 3. The third kappa shape index (κ3) is 3.65. The number of carbonyl (C=O) groups is 1. The number of aromatic nitrogens is 1. The van der Waals surface area contributed by atoms with E-state index in [1.165, 1.54) is 12.5 Å². The van der Waals surface area contributed by atoms with Gasteiger partial charge >= 0.3 is 0 Å². The number of nitrogens with zero attached hydrogens (tertiary/aromatic N) is 1. The van der Waals surface area contributed by atoms with E-state index in [9.17, 15) is 4.79 Å². The minimum Gasteiger partial charge on any atom is -0.436 e. The molecule has 132 valence electrons. The van der Waals surface area contributed by atoms with Crippen molar-refractivity contribution in [1.29, 1.82) is 0 Å². The molecule has 0 unspecified atom stereocenters. The molecule has 0 aliphatic heterocycles. The van der Waals surface area contributed by atoms with Gasteiger partial charge in [0.25, 0.3) is 0 Å². The maximum atomic E-state index is 11.4. The van der Waals surface area contributed by atoms with Gasteiger partial charge in [-0.15, -0.1) is 0 Å². The van der Waals surface area contributed by atoms with E-state index in [1.54, 1.807) is 6.20 Å². The average molecular weight is 354 g/mol. The minimum absolute atomic E-state index is 0.134. The summed E-state index contributed by atoms with van der Waals surface area (Å²) in [5, 5.41) is 2.81. The van der Waals surface area contributed by atoms with E-state index in [0.29, 0.717) is 17.3 Å². The van der Waals surface area contributed by atoms with Crippen molar-refractivity contribution < 1.29 is 9.21 Å². The molecule has 0 radical (unpaired) electrons. The molecule has 1 N–H and O–H groups in total. The van der Waals surface area contributed by atoms with Crippen molar-refractivity contribution >= 4 is 11.6 Å². The van der Waals surface area contributed by atoms with Crippen LogP contribution in [-0.4, -0.2) is 10.9 Å². The van der Waals surface area contributed by atoms with Gasteiger partial charge in [-0.2, -0.15) is 0 Å². The number of anilines is 1. The number of hydrogen-bond donors (Lipinski definition) is 1. The molecule has 0 aliphatic carbocycles. The van der Waals surface area contributed by atoms with E-state index in [2.05, 4.69) is 34.6 Å². The summed E-state index contributed by atoms with van der Waals surface area (Å²) in [6, 6.07) is 25.9. The predicted molar refractivity (Wildman–Crippen MR) is 107 cm³/mol. The van der Waals surface area contributed by atoms with Crippen molar-refractivity contribution in [3.8, 4) is 33.9 Å². The van der Waals surface area contributed by atoms with E-state index in [4.69, 9.17) is 4.42 Å². The third-order valence-electron chi connectivity index (χ3n) is 4.25. The second-order valence-electron chi connectivity index (χ2n) is 6.20. The Morgan fingerprint density at radius 1 is 0.815 bits per heavy atom. The van der Waals surface area contributed by atoms with Gasteiger partial charge in [-0.25, -0.2) is 4.98 Å². The second kappa shape index (κ2) is 7.30. The fourth-order valence-electron chi connectivity index (χ4n) is 2.96. The first-order valence-electron chi connectivity index (χ1n) is 8.69. The molecule has 3 aromatic carbocycles. The zero-order chi connectivity index (χ0) is 18.6. The van der Waals surface area contributed by atoms with Gasteiger partial charge in [-0.3, -0.25) is 4.79 Å². The molecule has 4 heteroatoms. The van der Waals surface area contributed by atoms with Crippen molar-refractivity contribution in [1.82, 2.24) is 4.98 Å². The lowest BCUT2D eigenvalue weighted by Crippen LogP contribution is -2.06. The maximum Gasteiger partial charge on any atom is 0.228 e. The molecular weight excluding hydrogens is 336 g/mol. The van der Waals surface area contributed by atoms with Crippen LogP contribution >= 0.6 is 0 Å². The van der Waals surface area contributed by atoms with E-state index in [-0.39, 0.29) is 5.91 Å². The zero-order valence-corrected chi connectivity index (χ0v) is 14.8. The molecule has 1 amide bonds. The Kier molecular flexibility index (Phi) is 4.54. The first-order valence-corrected chi connectivity index (χ1v) is 8.69. The first-order chi connectivity index (χ1) is 13.2. The monoisotopic (exact) mass is 354 g/mol. The highest BCUT2D eigenvalue weighted by molar-refractivity contribution is 5.93. The Bertz CT molecular complexity index is 1070. The lowest BCUT2D eigenvalue weighted by molar-refractivity contribution is -0.114. The van der Waals surface area contributed by atoms with E-state index < -0.39 is 0 Å². The number of oxazole rings is 1. The molecule has 0 aliphatic rings. The van der Waals surface area contributed by atoms with Crippen LogP contribution in [0.15, 0.2) is 89.5 Å². The lowest BCUT2D eigenvalue weighted by atomic mass is 10.0. The summed E-state index contributed by atoms with van der Waals surface area (Å²) < 4.78 is 5.96. The zero-order valence-electron chi connectivity index (χ0n) is 14.8. The quantitative estimate of drug-likeness (QED) is 0.516. The molecule has 0 atom stereocenters. The maximum absolute atomic E-state index is 11.4. The Morgan fingerprint density at radius 3 is 2.19 bits per heavy atom. The van der Waals surface area contributed by atoms with Crippen LogP contribution in [0, 0.1) is 0 Å². The van der Waals surface area contributed by atoms with Crippen LogP contribution in [0.4, 0.5) is 5.69 Å². The molecule has 0 bridgehead atoms. The van der Waals surface area contributed by atoms with Crippen LogP contribution in [-0.2, 0) is 4.79 Å². The summed E-state index contributed by atoms with van der Waals surface area (Å²) in [4.78, 5) is 15.8. The van der Waals surface area contributed by atoms with Crippen LogP contribution in [0.2, 0.25) is 0 Å². The Balaban J connectivity index is 1.63. The van der Waals surface area contributed by atoms with Gasteiger partial charge in [0.1, 0.15) is 0 Å². The van der Waals surface area contributed by atoms with Gasteiger partial charge in [-0.05, 0) is 23.3 Å². The van der Waals surface area contributed by atoms with Crippen molar-refractivity contribution in [3.63, 3.8) is 0 Å². The fraction of sp³-hybridized carbons (Fsp3) is 0.0435. The lowest BCUT2D eigenvalue weighted by Gasteiger charge is -2.06. The minimum atomic E-state index is -0.134. The summed E-state index contributed by atoms with van der Waals surface area (Å²) in [6.45, 7) is 1.48. The van der Waals surface area contributed by atoms with E-state index in [0.717, 1.165) is 16.7 Å². The molecule has 1 aromatic heterocycles. The largest absolute Gasteiger partial charge is 0.436 e. The standard InChI is InChI=1S/C23H18N2O2/c1-16(26)25-21-10-6-5-9-20(21)23-24-15-22(27-23)19-13-11-18(12-14-19)17-7-3-2-4-8-17/h2-15H,1H3,(H,25,26). The summed E-state index contributed by atoms with van der Waals surface area (Å²) in [7, 11) is 0. The first kappa shape index (κ1) is 16.8. The van der Waals surface area contributed by atoms with Gasteiger partial charge in [0, 0.05) is 12.5 Å². The highest BCUT2D eigenvalue weighted by atomic mass is 16.4. The molecule has 1 heterocycles. The number of carbonyl (C=O) groups excluding carboxylic acids is 1. The molecule has 0 fully saturated rings. The Hall–Kier alpha value is -3.66. The van der Waals surface area contributed by atoms with Crippen LogP contribution in [0.1, 0.15) is 6.92 Å². The van der Waals surface area contributed by atoms with Gasteiger partial charge in [0.15, 0.2) is 5.76 Å². The summed E-state index contributed by atoms with van der Waals surface area (Å²) in [5.74, 6) is 1.02. The van der Waals surface area contributed by atoms with Crippen molar-refractivity contribution in [3.05, 3.63) is 85.1 Å². The second-order valence-corrected chi connectivity index (χ2v) is 6.20. The normalized spacial score (nSPS) is 10.6. The Morgan fingerprint density at radius 2 is 1.44 bits per heavy atom. The van der Waals surface area contributed by atoms with Crippen LogP contribution in [0.25, 0.3) is 33.9 Å². The van der Waals surface area contributed by atoms with Gasteiger partial charge in [-0.1, -0.05) is 66.7 Å². The van der Waals surface area contributed by atoms with Crippen LogP contribution in [0.3, 0.4) is 0 Å². The van der Waals surface area contributed by atoms with E-state index in [1.807, 2.05) is 54.6 Å². The number of rotatable bonds is 4. The highest BCUT2D eigenvalue weighted by Crippen LogP contribution is 2.31. The van der Waals surface area contributed by atoms with Crippen LogP contribution in [0.5, 0.6) is 0 Å². The molecule has 0 saturated carbocycles. The van der Waals surface area contributed by atoms with Gasteiger partial charge in [0.2, 0.25) is 11.8 Å². The molecule has 0 spiro atoms. The molecule has 4 nitrogen and oxygen atoms in total. The molecule has 4 aromatic rings. The highest BCUT2D eigenvalue weighted by Gasteiger charge is 2.13. The summed E-state index contributed by atoms with van der Waals surface area (Å²) in [5.41, 5.74) is 4.70. The summed E-state index contributed by atoms with van der Waals surface area (Å²) in [6.07, 6.45) is 1.71. The van der Waals surface area contributed by atoms with Crippen molar-refractivity contribution in [2.45, 2.75) is 6.92 Å². The SMILES string of the molecule is CC(=O)Nc1ccccc1-c1ncc(-c2ccc(-c3ccccc3)cc2)o1.